The van der Waals surface area contributed by atoms with Gasteiger partial charge >= 0.3 is 12.0 Å². The number of rotatable bonds is 8. The number of benzene rings is 2. The Bertz CT molecular complexity index is 1450. The van der Waals surface area contributed by atoms with Gasteiger partial charge in [-0.3, -0.25) is 34.4 Å². The Morgan fingerprint density at radius 3 is 2.42 bits per heavy atom. The maximum absolute atomic E-state index is 13.7. The lowest BCUT2D eigenvalue weighted by Crippen LogP contribution is -2.55. The molecule has 2 unspecified atom stereocenters. The molecular weight excluding hydrogens is 527 g/mol. The molecule has 0 spiro atoms. The van der Waals surface area contributed by atoms with Gasteiger partial charge in [-0.2, -0.15) is 0 Å². The number of nitro groups is 1. The third-order valence-corrected chi connectivity index (χ3v) is 6.11. The van der Waals surface area contributed by atoms with Crippen LogP contribution >= 0.6 is 0 Å². The molecule has 0 radical (unpaired) electrons. The molecular formula is C26H23FN6O7. The minimum atomic E-state index is -1.52. The number of carbonyl (C=O) groups excluding carboxylic acids is 3. The fraction of sp³-hybridized carbons (Fsp3) is 0.192. The van der Waals surface area contributed by atoms with Crippen LogP contribution in [0.2, 0.25) is 0 Å². The Kier molecular flexibility index (Phi) is 8.27. The summed E-state index contributed by atoms with van der Waals surface area (Å²) in [6.45, 7) is -0.118. The molecule has 0 bridgehead atoms. The van der Waals surface area contributed by atoms with E-state index in [9.17, 15) is 38.8 Å². The van der Waals surface area contributed by atoms with E-state index in [0.717, 1.165) is 21.9 Å². The number of non-ortho nitro benzene ring substituents is 1. The zero-order valence-corrected chi connectivity index (χ0v) is 20.8. The van der Waals surface area contributed by atoms with Crippen LogP contribution in [0.15, 0.2) is 73.1 Å². The molecule has 14 heteroatoms. The summed E-state index contributed by atoms with van der Waals surface area (Å²) in [5.74, 6) is -3.38. The van der Waals surface area contributed by atoms with Crippen molar-refractivity contribution in [2.75, 3.05) is 18.4 Å². The highest BCUT2D eigenvalue weighted by Gasteiger charge is 2.44. The number of nitro benzene ring substituents is 1. The Morgan fingerprint density at radius 1 is 1.05 bits per heavy atom. The van der Waals surface area contributed by atoms with E-state index in [2.05, 4.69) is 15.6 Å². The number of amides is 4. The van der Waals surface area contributed by atoms with Crippen LogP contribution in [0.3, 0.4) is 0 Å². The fourth-order valence-corrected chi connectivity index (χ4v) is 4.29. The summed E-state index contributed by atoms with van der Waals surface area (Å²) in [6, 6.07) is 11.0. The molecule has 40 heavy (non-hydrogen) atoms. The number of nitrogens with one attached hydrogen (secondary N) is 2. The van der Waals surface area contributed by atoms with Gasteiger partial charge < -0.3 is 20.6 Å². The first-order chi connectivity index (χ1) is 19.1. The molecule has 1 fully saturated rings. The number of nitrogens with zero attached hydrogens (tertiary/aromatic N) is 4. The molecule has 4 amide bonds. The Labute approximate surface area is 226 Å². The number of pyridine rings is 1. The van der Waals surface area contributed by atoms with E-state index in [4.69, 9.17) is 0 Å². The number of carboxylic acids is 1. The summed E-state index contributed by atoms with van der Waals surface area (Å²) < 4.78 is 13.7. The van der Waals surface area contributed by atoms with E-state index >= 15 is 0 Å². The maximum Gasteiger partial charge on any atom is 0.323 e. The first-order valence-corrected chi connectivity index (χ1v) is 11.9. The molecule has 3 aromatic rings. The first-order valence-electron chi connectivity index (χ1n) is 11.9. The van der Waals surface area contributed by atoms with Gasteiger partial charge in [-0.25, -0.2) is 9.18 Å². The average molecular weight is 551 g/mol. The van der Waals surface area contributed by atoms with Gasteiger partial charge in [0.2, 0.25) is 0 Å². The van der Waals surface area contributed by atoms with Crippen molar-refractivity contribution in [1.82, 2.24) is 20.1 Å². The van der Waals surface area contributed by atoms with E-state index < -0.39 is 53.2 Å². The molecule has 3 N–H and O–H groups in total. The summed E-state index contributed by atoms with van der Waals surface area (Å²) >= 11 is 0. The van der Waals surface area contributed by atoms with Gasteiger partial charge in [0, 0.05) is 48.9 Å². The summed E-state index contributed by atoms with van der Waals surface area (Å²) in [6.07, 6.45) is 0.618. The molecule has 2 heterocycles. The van der Waals surface area contributed by atoms with E-state index in [1.165, 1.54) is 60.9 Å². The number of hydrogen-bond donors (Lipinski definition) is 3. The van der Waals surface area contributed by atoms with Crippen molar-refractivity contribution in [3.63, 3.8) is 0 Å². The van der Waals surface area contributed by atoms with Crippen LogP contribution in [0.4, 0.5) is 20.6 Å². The molecule has 1 aliphatic rings. The van der Waals surface area contributed by atoms with Crippen LogP contribution < -0.4 is 10.6 Å². The molecule has 4 rings (SSSR count). The third kappa shape index (κ3) is 6.35. The minimum absolute atomic E-state index is 0.0454. The number of aliphatic carboxylic acids is 1. The first kappa shape index (κ1) is 27.6. The quantitative estimate of drug-likeness (QED) is 0.283. The molecule has 206 valence electrons. The number of urea groups is 1. The van der Waals surface area contributed by atoms with Gasteiger partial charge in [0.1, 0.15) is 5.82 Å². The third-order valence-electron chi connectivity index (χ3n) is 6.11. The van der Waals surface area contributed by atoms with Gasteiger partial charge in [-0.05, 0) is 35.9 Å². The SMILES string of the molecule is O=C(O)CC(NC(=O)C1N(C(=O)Nc2cccc(F)c2)CCN1C(=O)c1ccncc1)c1cccc([N+](=O)[O-])c1. The van der Waals surface area contributed by atoms with Crippen molar-refractivity contribution in [2.45, 2.75) is 18.6 Å². The van der Waals surface area contributed by atoms with Crippen molar-refractivity contribution >= 4 is 35.2 Å². The summed E-state index contributed by atoms with van der Waals surface area (Å²) in [5, 5.41) is 25.7. The lowest BCUT2D eigenvalue weighted by atomic mass is 10.0. The lowest BCUT2D eigenvalue weighted by Gasteiger charge is -2.30. The van der Waals surface area contributed by atoms with Crippen molar-refractivity contribution in [1.29, 1.82) is 0 Å². The predicted molar refractivity (Wildman–Crippen MR) is 137 cm³/mol. The number of carbonyl (C=O) groups is 4. The molecule has 1 aromatic heterocycles. The van der Waals surface area contributed by atoms with E-state index in [-0.39, 0.29) is 35.6 Å². The summed E-state index contributed by atoms with van der Waals surface area (Å²) in [5.41, 5.74) is 0.142. The number of hydrogen-bond acceptors (Lipinski definition) is 7. The summed E-state index contributed by atoms with van der Waals surface area (Å²) in [7, 11) is 0. The van der Waals surface area contributed by atoms with E-state index in [1.54, 1.807) is 0 Å². The maximum atomic E-state index is 13.7. The normalized spacial score (nSPS) is 15.3. The number of carboxylic acid groups (broad SMARTS) is 1. The van der Waals surface area contributed by atoms with Crippen LogP contribution in [0.25, 0.3) is 0 Å². The highest BCUT2D eigenvalue weighted by molar-refractivity contribution is 6.00. The van der Waals surface area contributed by atoms with Gasteiger partial charge in [0.05, 0.1) is 17.4 Å². The zero-order chi connectivity index (χ0) is 28.8. The van der Waals surface area contributed by atoms with Crippen LogP contribution in [0.1, 0.15) is 28.4 Å². The molecule has 2 aromatic carbocycles. The molecule has 1 saturated heterocycles. The Hall–Kier alpha value is -5.40. The van der Waals surface area contributed by atoms with E-state index in [1.807, 2.05) is 0 Å². The minimum Gasteiger partial charge on any atom is -0.481 e. The van der Waals surface area contributed by atoms with Gasteiger partial charge in [0.15, 0.2) is 6.17 Å². The van der Waals surface area contributed by atoms with Crippen LogP contribution in [-0.4, -0.2) is 67.9 Å². The largest absolute Gasteiger partial charge is 0.481 e. The van der Waals surface area contributed by atoms with Crippen molar-refractivity contribution in [2.24, 2.45) is 0 Å². The Morgan fingerprint density at radius 2 is 1.75 bits per heavy atom. The molecule has 13 nitrogen and oxygen atoms in total. The molecule has 0 saturated carbocycles. The van der Waals surface area contributed by atoms with Gasteiger partial charge in [-0.15, -0.1) is 0 Å². The number of anilines is 1. The molecule has 1 aliphatic heterocycles. The average Bonchev–Trinajstić information content (AvgIpc) is 3.38. The predicted octanol–water partition coefficient (Wildman–Crippen LogP) is 2.78. The van der Waals surface area contributed by atoms with Gasteiger partial charge in [0.25, 0.3) is 17.5 Å². The number of aromatic nitrogens is 1. The zero-order valence-electron chi connectivity index (χ0n) is 20.8. The highest BCUT2D eigenvalue weighted by Crippen LogP contribution is 2.25. The standard InChI is InChI=1S/C26H23FN6O7/c27-18-4-2-5-19(14-18)29-26(38)32-12-11-31(25(37)16-7-9-28-10-8-16)24(32)23(36)30-21(15-22(34)35)17-3-1-6-20(13-17)33(39)40/h1-10,13-14,21,24H,11-12,15H2,(H,29,38)(H,30,36)(H,34,35). The lowest BCUT2D eigenvalue weighted by molar-refractivity contribution is -0.384. The monoisotopic (exact) mass is 550 g/mol. The Balaban J connectivity index is 1.66. The van der Waals surface area contributed by atoms with Gasteiger partial charge in [-0.1, -0.05) is 18.2 Å². The van der Waals surface area contributed by atoms with E-state index in [0.29, 0.717) is 0 Å². The van der Waals surface area contributed by atoms with Crippen molar-refractivity contribution in [3.05, 3.63) is 100 Å². The van der Waals surface area contributed by atoms with Crippen molar-refractivity contribution in [3.8, 4) is 0 Å². The van der Waals surface area contributed by atoms with Crippen LogP contribution in [0, 0.1) is 15.9 Å². The smallest absolute Gasteiger partial charge is 0.323 e. The van der Waals surface area contributed by atoms with Crippen LogP contribution in [0.5, 0.6) is 0 Å². The highest BCUT2D eigenvalue weighted by atomic mass is 19.1. The summed E-state index contributed by atoms with van der Waals surface area (Å²) in [4.78, 5) is 68.5. The topological polar surface area (TPSA) is 175 Å². The molecule has 0 aliphatic carbocycles. The second kappa shape index (κ2) is 12.0. The van der Waals surface area contributed by atoms with Crippen LogP contribution in [-0.2, 0) is 9.59 Å². The second-order valence-electron chi connectivity index (χ2n) is 8.75. The van der Waals surface area contributed by atoms with Crippen molar-refractivity contribution < 1.29 is 33.6 Å². The second-order valence-corrected chi connectivity index (χ2v) is 8.75. The number of halogens is 1. The molecule has 2 atom stereocenters. The fourth-order valence-electron chi connectivity index (χ4n) is 4.29.